The van der Waals surface area contributed by atoms with Crippen LogP contribution in [-0.2, 0) is 0 Å². The fraction of sp³-hybridized carbons (Fsp3) is 0.0870. The van der Waals surface area contributed by atoms with E-state index in [4.69, 9.17) is 17.2 Å². The summed E-state index contributed by atoms with van der Waals surface area (Å²) in [6.45, 7) is 3.64. The van der Waals surface area contributed by atoms with E-state index in [1.807, 2.05) is 36.4 Å². The molecule has 1 aromatic heterocycles. The summed E-state index contributed by atoms with van der Waals surface area (Å²) in [6.07, 6.45) is 0. The highest BCUT2D eigenvalue weighted by Crippen LogP contribution is 2.31. The van der Waals surface area contributed by atoms with E-state index in [0.717, 1.165) is 27.5 Å². The van der Waals surface area contributed by atoms with Crippen LogP contribution in [-0.4, -0.2) is 15.9 Å². The summed E-state index contributed by atoms with van der Waals surface area (Å²) in [7, 11) is 0. The van der Waals surface area contributed by atoms with Crippen molar-refractivity contribution in [2.45, 2.75) is 13.8 Å². The second-order valence-corrected chi connectivity index (χ2v) is 8.22. The highest BCUT2D eigenvalue weighted by molar-refractivity contribution is 7.80. The number of nitrogens with one attached hydrogen (secondary N) is 2. The molecule has 4 nitrogen and oxygen atoms in total. The number of aromatic nitrogens is 1. The third-order valence-electron chi connectivity index (χ3n) is 4.48. The number of nitrogens with zero attached hydrogens (tertiary/aromatic N) is 1. The predicted molar refractivity (Wildman–Crippen MR) is 126 cm³/mol. The summed E-state index contributed by atoms with van der Waals surface area (Å²) in [6, 6.07) is 21.6. The van der Waals surface area contributed by atoms with Gasteiger partial charge in [-0.05, 0) is 92.3 Å². The zero-order valence-corrected chi connectivity index (χ0v) is 17.7. The molecule has 0 bridgehead atoms. The molecule has 0 aliphatic carbocycles. The van der Waals surface area contributed by atoms with Crippen molar-refractivity contribution in [3.8, 4) is 10.6 Å². The summed E-state index contributed by atoms with van der Waals surface area (Å²) in [5, 5.41) is 7.79. The predicted octanol–water partition coefficient (Wildman–Crippen LogP) is 6.28. The van der Waals surface area contributed by atoms with Gasteiger partial charge in [-0.25, -0.2) is 4.98 Å². The Morgan fingerprint density at radius 2 is 1.55 bits per heavy atom. The molecule has 0 saturated heterocycles. The van der Waals surface area contributed by atoms with Crippen molar-refractivity contribution in [2.24, 2.45) is 0 Å². The molecule has 1 heterocycles. The first-order chi connectivity index (χ1) is 14.0. The second kappa shape index (κ2) is 8.11. The quantitative estimate of drug-likeness (QED) is 0.302. The molecular formula is C23H19N3OS2. The van der Waals surface area contributed by atoms with Crippen LogP contribution in [0.4, 0.5) is 11.4 Å². The smallest absolute Gasteiger partial charge is 0.175 e. The molecule has 0 aliphatic heterocycles. The number of carbonyl (C=O) groups is 1. The van der Waals surface area contributed by atoms with Gasteiger partial charge in [0.1, 0.15) is 5.01 Å². The van der Waals surface area contributed by atoms with E-state index in [1.54, 1.807) is 30.4 Å². The Kier molecular flexibility index (Phi) is 5.38. The molecule has 3 aromatic carbocycles. The standard InChI is InChI=1S/C23H19N3OS2/c1-14-3-12-20-21(13-14)29-22(26-20)17-6-10-19(11-7-17)25-23(28)24-18-8-4-16(5-9-18)15(2)27/h3-13H,1-2H3,(H2,24,25,28). The number of ketones is 1. The number of hydrogen-bond donors (Lipinski definition) is 2. The lowest BCUT2D eigenvalue weighted by Gasteiger charge is -2.11. The van der Waals surface area contributed by atoms with Crippen LogP contribution >= 0.6 is 23.6 Å². The summed E-state index contributed by atoms with van der Waals surface area (Å²) < 4.78 is 1.20. The summed E-state index contributed by atoms with van der Waals surface area (Å²) in [5.41, 5.74) is 5.74. The highest BCUT2D eigenvalue weighted by atomic mass is 32.1. The topological polar surface area (TPSA) is 54.0 Å². The van der Waals surface area contributed by atoms with Crippen LogP contribution in [0.25, 0.3) is 20.8 Å². The zero-order chi connectivity index (χ0) is 20.4. The van der Waals surface area contributed by atoms with Gasteiger partial charge in [0, 0.05) is 22.5 Å². The van der Waals surface area contributed by atoms with E-state index >= 15 is 0 Å². The fourth-order valence-electron chi connectivity index (χ4n) is 2.93. The number of thiocarbonyl (C=S) groups is 1. The van der Waals surface area contributed by atoms with Crippen molar-refractivity contribution in [1.29, 1.82) is 0 Å². The van der Waals surface area contributed by atoms with E-state index in [2.05, 4.69) is 35.8 Å². The number of hydrogen-bond acceptors (Lipinski definition) is 4. The molecule has 144 valence electrons. The van der Waals surface area contributed by atoms with Gasteiger partial charge in [0.05, 0.1) is 10.2 Å². The molecule has 6 heteroatoms. The van der Waals surface area contributed by atoms with Crippen molar-refractivity contribution < 1.29 is 4.79 Å². The number of thiazole rings is 1. The van der Waals surface area contributed by atoms with Crippen LogP contribution < -0.4 is 10.6 Å². The first kappa shape index (κ1) is 19.2. The zero-order valence-electron chi connectivity index (χ0n) is 16.0. The Hall–Kier alpha value is -3.09. The van der Waals surface area contributed by atoms with Crippen LogP contribution in [0.3, 0.4) is 0 Å². The average molecular weight is 418 g/mol. The molecule has 0 fully saturated rings. The van der Waals surface area contributed by atoms with Crippen molar-refractivity contribution in [1.82, 2.24) is 4.98 Å². The molecule has 2 N–H and O–H groups in total. The Morgan fingerprint density at radius 3 is 2.17 bits per heavy atom. The minimum Gasteiger partial charge on any atom is -0.332 e. The van der Waals surface area contributed by atoms with Crippen molar-refractivity contribution in [2.75, 3.05) is 10.6 Å². The van der Waals surface area contributed by atoms with E-state index < -0.39 is 0 Å². The molecule has 0 saturated carbocycles. The fourth-order valence-corrected chi connectivity index (χ4v) is 4.24. The van der Waals surface area contributed by atoms with E-state index in [9.17, 15) is 4.79 Å². The van der Waals surface area contributed by atoms with Crippen molar-refractivity contribution >= 4 is 56.0 Å². The molecule has 0 atom stereocenters. The monoisotopic (exact) mass is 417 g/mol. The van der Waals surface area contributed by atoms with E-state index in [1.165, 1.54) is 10.3 Å². The van der Waals surface area contributed by atoms with Crippen LogP contribution in [0, 0.1) is 6.92 Å². The number of carbonyl (C=O) groups excluding carboxylic acids is 1. The normalized spacial score (nSPS) is 10.7. The van der Waals surface area contributed by atoms with Gasteiger partial charge in [-0.2, -0.15) is 0 Å². The largest absolute Gasteiger partial charge is 0.332 e. The van der Waals surface area contributed by atoms with Crippen LogP contribution in [0.1, 0.15) is 22.8 Å². The van der Waals surface area contributed by atoms with Crippen LogP contribution in [0.15, 0.2) is 66.7 Å². The van der Waals surface area contributed by atoms with Gasteiger partial charge in [-0.1, -0.05) is 6.07 Å². The lowest BCUT2D eigenvalue weighted by Crippen LogP contribution is -2.19. The van der Waals surface area contributed by atoms with Gasteiger partial charge in [-0.15, -0.1) is 11.3 Å². The number of anilines is 2. The second-order valence-electron chi connectivity index (χ2n) is 6.78. The molecular weight excluding hydrogens is 398 g/mol. The lowest BCUT2D eigenvalue weighted by molar-refractivity contribution is 0.101. The Labute approximate surface area is 178 Å². The minimum atomic E-state index is 0.0422. The molecule has 4 aromatic rings. The van der Waals surface area contributed by atoms with Gasteiger partial charge in [-0.3, -0.25) is 4.79 Å². The third kappa shape index (κ3) is 4.50. The first-order valence-electron chi connectivity index (χ1n) is 9.14. The van der Waals surface area contributed by atoms with Gasteiger partial charge in [0.2, 0.25) is 0 Å². The number of aryl methyl sites for hydroxylation is 1. The molecule has 0 amide bonds. The third-order valence-corrected chi connectivity index (χ3v) is 5.75. The Morgan fingerprint density at radius 1 is 0.931 bits per heavy atom. The van der Waals surface area contributed by atoms with Crippen LogP contribution in [0.2, 0.25) is 0 Å². The Bertz CT molecular complexity index is 1200. The maximum Gasteiger partial charge on any atom is 0.175 e. The number of rotatable bonds is 4. The average Bonchev–Trinajstić information content (AvgIpc) is 3.12. The first-order valence-corrected chi connectivity index (χ1v) is 10.4. The molecule has 29 heavy (non-hydrogen) atoms. The summed E-state index contributed by atoms with van der Waals surface area (Å²) in [5.74, 6) is 0.0422. The van der Waals surface area contributed by atoms with E-state index in [0.29, 0.717) is 10.7 Å². The molecule has 0 spiro atoms. The minimum absolute atomic E-state index is 0.0422. The number of fused-ring (bicyclic) bond motifs is 1. The van der Waals surface area contributed by atoms with Gasteiger partial charge in [0.15, 0.2) is 10.9 Å². The Balaban J connectivity index is 1.43. The van der Waals surface area contributed by atoms with Gasteiger partial charge in [0.25, 0.3) is 0 Å². The molecule has 0 unspecified atom stereocenters. The number of benzene rings is 3. The van der Waals surface area contributed by atoms with E-state index in [-0.39, 0.29) is 5.78 Å². The lowest BCUT2D eigenvalue weighted by atomic mass is 10.1. The highest BCUT2D eigenvalue weighted by Gasteiger charge is 2.07. The van der Waals surface area contributed by atoms with Crippen molar-refractivity contribution in [3.05, 3.63) is 77.9 Å². The maximum absolute atomic E-state index is 11.4. The van der Waals surface area contributed by atoms with Gasteiger partial charge >= 0.3 is 0 Å². The molecule has 0 aliphatic rings. The maximum atomic E-state index is 11.4. The number of Topliss-reactive ketones (excluding diaryl/α,β-unsaturated/α-hetero) is 1. The SMILES string of the molecule is CC(=O)c1ccc(NC(=S)Nc2ccc(-c3nc4ccc(C)cc4s3)cc2)cc1. The molecule has 4 rings (SSSR count). The summed E-state index contributed by atoms with van der Waals surface area (Å²) in [4.78, 5) is 16.1. The van der Waals surface area contributed by atoms with Crippen molar-refractivity contribution in [3.63, 3.8) is 0 Å². The molecule has 0 radical (unpaired) electrons. The van der Waals surface area contributed by atoms with Gasteiger partial charge < -0.3 is 10.6 Å². The van der Waals surface area contributed by atoms with Crippen LogP contribution in [0.5, 0.6) is 0 Å². The summed E-state index contributed by atoms with van der Waals surface area (Å²) >= 11 is 7.08.